The smallest absolute Gasteiger partial charge is 0.321 e. The molecule has 0 fully saturated rings. The fraction of sp³-hybridized carbons (Fsp3) is 0.800. The van der Waals surface area contributed by atoms with E-state index < -0.39 is 12.0 Å². The lowest BCUT2D eigenvalue weighted by Gasteiger charge is -2.07. The van der Waals surface area contributed by atoms with Crippen molar-refractivity contribution in [2.45, 2.75) is 12.5 Å². The highest BCUT2D eigenvalue weighted by atomic mass is 127. The standard InChI is InChI=1S/C5H10INO2S/c1-10-3-2-4(7-6)5(8)9/h4,7H,2-3H2,1H3,(H,8,9)/t4-/m0/s1. The van der Waals surface area contributed by atoms with Crippen LogP contribution in [0.25, 0.3) is 0 Å². The van der Waals surface area contributed by atoms with Crippen molar-refractivity contribution in [1.29, 1.82) is 0 Å². The van der Waals surface area contributed by atoms with Crippen molar-refractivity contribution >= 4 is 40.6 Å². The SMILES string of the molecule is CSCC[C@H](NI)C(=O)O. The van der Waals surface area contributed by atoms with Gasteiger partial charge in [0, 0.05) is 22.9 Å². The van der Waals surface area contributed by atoms with E-state index in [1.165, 1.54) is 0 Å². The number of thioether (sulfide) groups is 1. The first-order chi connectivity index (χ1) is 4.72. The Hall–Kier alpha value is 0.510. The van der Waals surface area contributed by atoms with E-state index in [4.69, 9.17) is 5.11 Å². The lowest BCUT2D eigenvalue weighted by molar-refractivity contribution is -0.138. The molecule has 0 saturated heterocycles. The highest BCUT2D eigenvalue weighted by Crippen LogP contribution is 2.01. The highest BCUT2D eigenvalue weighted by molar-refractivity contribution is 14.1. The van der Waals surface area contributed by atoms with Crippen molar-refractivity contribution in [2.24, 2.45) is 0 Å². The van der Waals surface area contributed by atoms with Crippen LogP contribution in [0.3, 0.4) is 0 Å². The zero-order valence-electron chi connectivity index (χ0n) is 5.63. The number of halogens is 1. The molecule has 0 saturated carbocycles. The molecule has 0 aliphatic heterocycles. The van der Waals surface area contributed by atoms with Crippen LogP contribution in [0.5, 0.6) is 0 Å². The van der Waals surface area contributed by atoms with Gasteiger partial charge < -0.3 is 5.11 Å². The minimum absolute atomic E-state index is 0.395. The van der Waals surface area contributed by atoms with Gasteiger partial charge in [0.15, 0.2) is 0 Å². The number of carboxylic acids is 1. The lowest BCUT2D eigenvalue weighted by atomic mass is 10.2. The molecule has 5 heteroatoms. The van der Waals surface area contributed by atoms with E-state index in [1.54, 1.807) is 11.8 Å². The Labute approximate surface area is 78.4 Å². The molecule has 0 spiro atoms. The molecule has 2 N–H and O–H groups in total. The first-order valence-corrected chi connectivity index (χ1v) is 5.27. The molecule has 3 nitrogen and oxygen atoms in total. The van der Waals surface area contributed by atoms with E-state index in [1.807, 2.05) is 29.1 Å². The zero-order valence-corrected chi connectivity index (χ0v) is 8.61. The molecule has 0 unspecified atom stereocenters. The Bertz CT molecular complexity index is 112. The first-order valence-electron chi connectivity index (χ1n) is 2.80. The number of nitrogens with one attached hydrogen (secondary N) is 1. The fourth-order valence-corrected chi connectivity index (χ4v) is 1.51. The molecule has 0 aromatic rings. The van der Waals surface area contributed by atoms with Crippen molar-refractivity contribution in [3.8, 4) is 0 Å². The van der Waals surface area contributed by atoms with Gasteiger partial charge in [-0.25, -0.2) is 3.53 Å². The van der Waals surface area contributed by atoms with Gasteiger partial charge >= 0.3 is 5.97 Å². The molecule has 0 heterocycles. The lowest BCUT2D eigenvalue weighted by Crippen LogP contribution is -2.30. The van der Waals surface area contributed by atoms with Crippen molar-refractivity contribution < 1.29 is 9.90 Å². The number of aliphatic carboxylic acids is 1. The van der Waals surface area contributed by atoms with Crippen LogP contribution in [0.4, 0.5) is 0 Å². The van der Waals surface area contributed by atoms with Gasteiger partial charge in [-0.05, 0) is 18.4 Å². The van der Waals surface area contributed by atoms with Crippen LogP contribution in [-0.2, 0) is 4.79 Å². The molecule has 0 radical (unpaired) electrons. The van der Waals surface area contributed by atoms with E-state index >= 15 is 0 Å². The van der Waals surface area contributed by atoms with Gasteiger partial charge in [-0.2, -0.15) is 11.8 Å². The largest absolute Gasteiger partial charge is 0.480 e. The summed E-state index contributed by atoms with van der Waals surface area (Å²) >= 11 is 3.52. The van der Waals surface area contributed by atoms with Crippen LogP contribution in [-0.4, -0.2) is 29.1 Å². The average molecular weight is 275 g/mol. The quantitative estimate of drug-likeness (QED) is 0.583. The Kier molecular flexibility index (Phi) is 6.55. The van der Waals surface area contributed by atoms with Crippen molar-refractivity contribution in [1.82, 2.24) is 3.53 Å². The predicted octanol–water partition coefficient (Wildman–Crippen LogP) is 1.13. The number of carboxylic acid groups (broad SMARTS) is 1. The maximum Gasteiger partial charge on any atom is 0.321 e. The van der Waals surface area contributed by atoms with Crippen LogP contribution in [0.1, 0.15) is 6.42 Å². The second-order valence-corrected chi connectivity index (χ2v) is 3.39. The maximum absolute atomic E-state index is 10.4. The number of carbonyl (C=O) groups is 1. The molecular formula is C5H10INO2S. The molecule has 1 atom stereocenters. The number of hydrogen-bond acceptors (Lipinski definition) is 3. The molecule has 0 amide bonds. The van der Waals surface area contributed by atoms with Crippen molar-refractivity contribution in [2.75, 3.05) is 12.0 Å². The van der Waals surface area contributed by atoms with Crippen molar-refractivity contribution in [3.05, 3.63) is 0 Å². The Balaban J connectivity index is 3.50. The Morgan fingerprint density at radius 3 is 2.80 bits per heavy atom. The van der Waals surface area contributed by atoms with Gasteiger partial charge in [0.2, 0.25) is 0 Å². The molecule has 0 bridgehead atoms. The molecule has 0 aromatic heterocycles. The highest BCUT2D eigenvalue weighted by Gasteiger charge is 2.13. The van der Waals surface area contributed by atoms with Crippen molar-refractivity contribution in [3.63, 3.8) is 0 Å². The second kappa shape index (κ2) is 6.23. The number of rotatable bonds is 5. The second-order valence-electron chi connectivity index (χ2n) is 1.78. The normalized spacial score (nSPS) is 13.0. The van der Waals surface area contributed by atoms with Gasteiger partial charge in [-0.3, -0.25) is 4.79 Å². The summed E-state index contributed by atoms with van der Waals surface area (Å²) < 4.78 is 2.69. The summed E-state index contributed by atoms with van der Waals surface area (Å²) in [5, 5.41) is 8.52. The van der Waals surface area contributed by atoms with Crippen LogP contribution in [0, 0.1) is 0 Å². The molecular weight excluding hydrogens is 265 g/mol. The van der Waals surface area contributed by atoms with Gasteiger partial charge in [0.25, 0.3) is 0 Å². The van der Waals surface area contributed by atoms with E-state index in [2.05, 4.69) is 3.53 Å². The summed E-state index contributed by atoms with van der Waals surface area (Å²) in [5.41, 5.74) is 0. The Morgan fingerprint density at radius 2 is 2.50 bits per heavy atom. The summed E-state index contributed by atoms with van der Waals surface area (Å²) in [6, 6.07) is -0.395. The van der Waals surface area contributed by atoms with Crippen LogP contribution in [0.2, 0.25) is 0 Å². The minimum Gasteiger partial charge on any atom is -0.480 e. The molecule has 0 aromatic carbocycles. The molecule has 60 valence electrons. The summed E-state index contributed by atoms with van der Waals surface area (Å²) in [6.07, 6.45) is 2.64. The van der Waals surface area contributed by atoms with Crippen LogP contribution in [0.15, 0.2) is 0 Å². The maximum atomic E-state index is 10.4. The third-order valence-electron chi connectivity index (χ3n) is 1.04. The van der Waals surface area contributed by atoms with E-state index in [-0.39, 0.29) is 0 Å². The molecule has 10 heavy (non-hydrogen) atoms. The summed E-state index contributed by atoms with van der Waals surface area (Å²) in [7, 11) is 0. The minimum atomic E-state index is -0.775. The first kappa shape index (κ1) is 10.5. The van der Waals surface area contributed by atoms with Crippen LogP contribution >= 0.6 is 34.6 Å². The molecule has 0 aliphatic rings. The summed E-state index contributed by atoms with van der Waals surface area (Å²) in [4.78, 5) is 10.4. The topological polar surface area (TPSA) is 49.3 Å². The van der Waals surface area contributed by atoms with Gasteiger partial charge in [0.05, 0.1) is 0 Å². The third kappa shape index (κ3) is 4.35. The summed E-state index contributed by atoms with van der Waals surface area (Å²) in [5.74, 6) is 0.107. The van der Waals surface area contributed by atoms with E-state index in [0.717, 1.165) is 5.75 Å². The van der Waals surface area contributed by atoms with E-state index in [0.29, 0.717) is 6.42 Å². The Morgan fingerprint density at radius 1 is 1.90 bits per heavy atom. The van der Waals surface area contributed by atoms with Crippen LogP contribution < -0.4 is 3.53 Å². The molecule has 0 rings (SSSR count). The van der Waals surface area contributed by atoms with Gasteiger partial charge in [-0.15, -0.1) is 0 Å². The molecule has 0 aliphatic carbocycles. The monoisotopic (exact) mass is 275 g/mol. The zero-order chi connectivity index (χ0) is 7.98. The number of hydrogen-bond donors (Lipinski definition) is 2. The predicted molar refractivity (Wildman–Crippen MR) is 51.6 cm³/mol. The van der Waals surface area contributed by atoms with Gasteiger partial charge in [-0.1, -0.05) is 0 Å². The third-order valence-corrected chi connectivity index (χ3v) is 2.44. The van der Waals surface area contributed by atoms with Gasteiger partial charge in [0.1, 0.15) is 6.04 Å². The average Bonchev–Trinajstić information content (AvgIpc) is 1.89. The fourth-order valence-electron chi connectivity index (χ4n) is 0.460. The summed E-state index contributed by atoms with van der Waals surface area (Å²) in [6.45, 7) is 0. The van der Waals surface area contributed by atoms with E-state index in [9.17, 15) is 4.79 Å².